The number of carbonyl (C=O) groups excluding carboxylic acids is 2. The molecule has 0 saturated carbocycles. The molecule has 4 rings (SSSR count). The number of rotatable bonds is 13. The fraction of sp³-hybridized carbons (Fsp3) is 0.394. The number of likely N-dealkylation sites (tertiary alicyclic amines) is 1. The summed E-state index contributed by atoms with van der Waals surface area (Å²) in [5.74, 6) is -0.481. The third-order valence-corrected chi connectivity index (χ3v) is 9.80. The van der Waals surface area contributed by atoms with E-state index in [1.54, 1.807) is 37.4 Å². The molecular weight excluding hydrogens is 602 g/mol. The lowest BCUT2D eigenvalue weighted by Crippen LogP contribution is -2.49. The van der Waals surface area contributed by atoms with Crippen LogP contribution in [-0.4, -0.2) is 87.5 Å². The van der Waals surface area contributed by atoms with E-state index in [4.69, 9.17) is 9.47 Å². The summed E-state index contributed by atoms with van der Waals surface area (Å²) in [6.07, 6.45) is 1.62. The zero-order chi connectivity index (χ0) is 30.7. The third-order valence-electron chi connectivity index (χ3n) is 7.96. The Labute approximate surface area is 267 Å². The Balaban J connectivity index is 0.00000529. The highest BCUT2D eigenvalue weighted by atomic mass is 35.5. The van der Waals surface area contributed by atoms with Crippen molar-refractivity contribution in [1.29, 1.82) is 0 Å². The molecule has 1 aliphatic heterocycles. The second-order valence-electron chi connectivity index (χ2n) is 10.8. The number of likely N-dealkylation sites (N-methyl/N-ethyl adjacent to an activating group) is 1. The van der Waals surface area contributed by atoms with E-state index in [0.717, 1.165) is 37.2 Å². The van der Waals surface area contributed by atoms with Crippen molar-refractivity contribution in [2.75, 3.05) is 46.9 Å². The number of methoxy groups -OCH3 is 1. The van der Waals surface area contributed by atoms with Crippen molar-refractivity contribution in [3.63, 3.8) is 0 Å². The van der Waals surface area contributed by atoms with Crippen molar-refractivity contribution in [3.8, 4) is 0 Å². The number of sulfonamides is 1. The van der Waals surface area contributed by atoms with E-state index < -0.39 is 22.1 Å². The van der Waals surface area contributed by atoms with E-state index in [9.17, 15) is 18.0 Å². The Bertz CT molecular complexity index is 1410. The average molecular weight is 644 g/mol. The normalized spacial score (nSPS) is 14.8. The van der Waals surface area contributed by atoms with Crippen LogP contribution in [0, 0.1) is 0 Å². The summed E-state index contributed by atoms with van der Waals surface area (Å²) in [6, 6.07) is 27.8. The lowest BCUT2D eigenvalue weighted by molar-refractivity contribution is -0.142. The highest BCUT2D eigenvalue weighted by Crippen LogP contribution is 2.26. The number of piperidine rings is 1. The van der Waals surface area contributed by atoms with Crippen LogP contribution in [0.5, 0.6) is 0 Å². The maximum absolute atomic E-state index is 13.2. The molecule has 1 aliphatic rings. The highest BCUT2D eigenvalue weighted by molar-refractivity contribution is 7.89. The van der Waals surface area contributed by atoms with Crippen molar-refractivity contribution in [1.82, 2.24) is 14.1 Å². The van der Waals surface area contributed by atoms with Gasteiger partial charge in [-0.3, -0.25) is 9.69 Å². The Morgan fingerprint density at radius 3 is 2.07 bits per heavy atom. The molecule has 0 spiro atoms. The van der Waals surface area contributed by atoms with E-state index in [2.05, 4.69) is 4.90 Å². The summed E-state index contributed by atoms with van der Waals surface area (Å²) in [5, 5.41) is 0. The third kappa shape index (κ3) is 9.79. The van der Waals surface area contributed by atoms with E-state index in [0.29, 0.717) is 19.4 Å². The maximum Gasteiger partial charge on any atom is 0.410 e. The van der Waals surface area contributed by atoms with Gasteiger partial charge in [0, 0.05) is 32.7 Å². The molecule has 11 heteroatoms. The van der Waals surface area contributed by atoms with Gasteiger partial charge in [0.05, 0.1) is 12.0 Å². The molecular formula is C33H42ClN3O6S. The quantitative estimate of drug-likeness (QED) is 0.237. The fourth-order valence-electron chi connectivity index (χ4n) is 5.41. The molecule has 238 valence electrons. The smallest absolute Gasteiger partial charge is 0.410 e. The van der Waals surface area contributed by atoms with Crippen LogP contribution in [-0.2, 0) is 30.9 Å². The number of carbonyl (C=O) groups is 2. The second-order valence-corrected chi connectivity index (χ2v) is 12.9. The minimum Gasteiger partial charge on any atom is -0.468 e. The first kappa shape index (κ1) is 35.0. The minimum absolute atomic E-state index is 0. The molecule has 1 heterocycles. The lowest BCUT2D eigenvalue weighted by Gasteiger charge is -2.38. The predicted octanol–water partition coefficient (Wildman–Crippen LogP) is 5.18. The number of hydrogen-bond donors (Lipinski definition) is 0. The van der Waals surface area contributed by atoms with E-state index in [-0.39, 0.29) is 42.4 Å². The van der Waals surface area contributed by atoms with Gasteiger partial charge in [0.1, 0.15) is 13.2 Å². The first-order valence-electron chi connectivity index (χ1n) is 14.6. The van der Waals surface area contributed by atoms with E-state index in [1.807, 2.05) is 60.7 Å². The Kier molecular flexibility index (Phi) is 13.7. The van der Waals surface area contributed by atoms with Gasteiger partial charge in [0.15, 0.2) is 0 Å². The van der Waals surface area contributed by atoms with Crippen LogP contribution in [0.15, 0.2) is 95.9 Å². The first-order chi connectivity index (χ1) is 20.8. The van der Waals surface area contributed by atoms with Gasteiger partial charge in [-0.15, -0.1) is 12.4 Å². The van der Waals surface area contributed by atoms with Gasteiger partial charge in [0.2, 0.25) is 10.0 Å². The summed E-state index contributed by atoms with van der Waals surface area (Å²) in [7, 11) is -0.667. The fourth-order valence-corrected chi connectivity index (χ4v) is 6.65. The zero-order valence-electron chi connectivity index (χ0n) is 25.3. The van der Waals surface area contributed by atoms with Crippen molar-refractivity contribution in [2.45, 2.75) is 42.7 Å². The summed E-state index contributed by atoms with van der Waals surface area (Å²) in [5.41, 5.74) is 1.97. The number of nitrogens with zero attached hydrogens (tertiary/aromatic N) is 3. The van der Waals surface area contributed by atoms with Crippen LogP contribution < -0.4 is 0 Å². The van der Waals surface area contributed by atoms with Crippen molar-refractivity contribution >= 4 is 34.5 Å². The Hall–Kier alpha value is -3.44. The van der Waals surface area contributed by atoms with Gasteiger partial charge in [-0.05, 0) is 55.0 Å². The summed E-state index contributed by atoms with van der Waals surface area (Å²) in [4.78, 5) is 29.3. The molecule has 0 aromatic heterocycles. The molecule has 3 aromatic rings. The SMILES string of the molecule is COC(=O)CN(C(=O)OCc1ccccc1)C1CCN(CCC(CN(C)S(=O)(=O)c2ccccc2)c2ccccc2)CC1.Cl. The Morgan fingerprint density at radius 1 is 0.909 bits per heavy atom. The summed E-state index contributed by atoms with van der Waals surface area (Å²) in [6.45, 7) is 2.60. The van der Waals surface area contributed by atoms with Gasteiger partial charge >= 0.3 is 12.1 Å². The summed E-state index contributed by atoms with van der Waals surface area (Å²) < 4.78 is 38.3. The molecule has 0 N–H and O–H groups in total. The molecule has 9 nitrogen and oxygen atoms in total. The molecule has 1 saturated heterocycles. The van der Waals surface area contributed by atoms with Gasteiger partial charge in [0.25, 0.3) is 0 Å². The molecule has 0 radical (unpaired) electrons. The largest absolute Gasteiger partial charge is 0.468 e. The topological polar surface area (TPSA) is 96.5 Å². The first-order valence-corrected chi connectivity index (χ1v) is 16.0. The van der Waals surface area contributed by atoms with Gasteiger partial charge < -0.3 is 14.4 Å². The second kappa shape index (κ2) is 17.2. The number of halogens is 1. The van der Waals surface area contributed by atoms with Crippen LogP contribution in [0.1, 0.15) is 36.3 Å². The average Bonchev–Trinajstić information content (AvgIpc) is 3.05. The molecule has 1 fully saturated rings. The van der Waals surface area contributed by atoms with Crippen LogP contribution in [0.3, 0.4) is 0 Å². The number of ether oxygens (including phenoxy) is 2. The standard InChI is InChI=1S/C33H41N3O6S.ClH/c1-34(43(39,40)31-16-10-5-11-17-31)24-29(28-14-8-4-9-15-28)18-21-35-22-19-30(20-23-35)36(25-32(37)41-2)33(38)42-26-27-12-6-3-7-13-27;/h3-17,29-30H,18-26H2,1-2H3;1H. The van der Waals surface area contributed by atoms with Crippen molar-refractivity contribution in [2.24, 2.45) is 0 Å². The van der Waals surface area contributed by atoms with Crippen LogP contribution in [0.2, 0.25) is 0 Å². The molecule has 3 aromatic carbocycles. The van der Waals surface area contributed by atoms with Gasteiger partial charge in [-0.2, -0.15) is 0 Å². The number of benzene rings is 3. The van der Waals surface area contributed by atoms with E-state index in [1.165, 1.54) is 16.3 Å². The van der Waals surface area contributed by atoms with Crippen LogP contribution in [0.4, 0.5) is 4.79 Å². The molecule has 0 bridgehead atoms. The van der Waals surface area contributed by atoms with E-state index >= 15 is 0 Å². The minimum atomic E-state index is -3.61. The van der Waals surface area contributed by atoms with Gasteiger partial charge in [-0.1, -0.05) is 78.9 Å². The van der Waals surface area contributed by atoms with Crippen molar-refractivity contribution < 1.29 is 27.5 Å². The maximum atomic E-state index is 13.2. The monoisotopic (exact) mass is 643 g/mol. The Morgan fingerprint density at radius 2 is 1.48 bits per heavy atom. The summed E-state index contributed by atoms with van der Waals surface area (Å²) >= 11 is 0. The number of amides is 1. The highest BCUT2D eigenvalue weighted by Gasteiger charge is 2.31. The molecule has 0 aliphatic carbocycles. The predicted molar refractivity (Wildman–Crippen MR) is 172 cm³/mol. The molecule has 1 amide bonds. The van der Waals surface area contributed by atoms with Crippen LogP contribution in [0.25, 0.3) is 0 Å². The molecule has 1 unspecified atom stereocenters. The van der Waals surface area contributed by atoms with Crippen LogP contribution >= 0.6 is 12.4 Å². The van der Waals surface area contributed by atoms with Crippen molar-refractivity contribution in [3.05, 3.63) is 102 Å². The molecule has 1 atom stereocenters. The zero-order valence-corrected chi connectivity index (χ0v) is 26.9. The lowest BCUT2D eigenvalue weighted by atomic mass is 9.94. The number of hydrogen-bond acceptors (Lipinski definition) is 7. The molecule has 44 heavy (non-hydrogen) atoms. The van der Waals surface area contributed by atoms with Gasteiger partial charge in [-0.25, -0.2) is 17.5 Å². The number of esters is 1.